The average molecular weight is 277 g/mol. The minimum atomic E-state index is -0.0442. The minimum Gasteiger partial charge on any atom is -0.398 e. The summed E-state index contributed by atoms with van der Waals surface area (Å²) in [5.74, 6) is 0. The molecule has 1 atom stereocenters. The van der Waals surface area contributed by atoms with Crippen LogP contribution in [-0.4, -0.2) is 30.3 Å². The number of nitrogens with two attached hydrogens (primary N) is 1. The lowest BCUT2D eigenvalue weighted by Gasteiger charge is -2.37. The largest absolute Gasteiger partial charge is 0.398 e. The number of nitrogen functional groups attached to an aromatic ring is 1. The summed E-state index contributed by atoms with van der Waals surface area (Å²) >= 11 is 0. The summed E-state index contributed by atoms with van der Waals surface area (Å²) < 4.78 is 5.95. The van der Waals surface area contributed by atoms with Crippen molar-refractivity contribution in [3.05, 3.63) is 24.0 Å². The van der Waals surface area contributed by atoms with Crippen LogP contribution < -0.4 is 11.1 Å². The lowest BCUT2D eigenvalue weighted by Crippen LogP contribution is -2.52. The van der Waals surface area contributed by atoms with Gasteiger partial charge >= 0.3 is 0 Å². The average Bonchev–Trinajstić information content (AvgIpc) is 2.95. The second kappa shape index (κ2) is 7.04. The molecular weight excluding hydrogens is 250 g/mol. The summed E-state index contributed by atoms with van der Waals surface area (Å²) in [4.78, 5) is 4.21. The summed E-state index contributed by atoms with van der Waals surface area (Å²) in [6, 6.07) is 2.18. The van der Waals surface area contributed by atoms with Crippen molar-refractivity contribution in [3.63, 3.8) is 0 Å². The van der Waals surface area contributed by atoms with Gasteiger partial charge in [-0.25, -0.2) is 0 Å². The van der Waals surface area contributed by atoms with E-state index in [4.69, 9.17) is 10.5 Å². The molecule has 0 amide bonds. The van der Waals surface area contributed by atoms with Crippen molar-refractivity contribution in [2.24, 2.45) is 0 Å². The van der Waals surface area contributed by atoms with E-state index in [0.717, 1.165) is 43.5 Å². The monoisotopic (exact) mass is 277 g/mol. The van der Waals surface area contributed by atoms with Gasteiger partial charge in [0.25, 0.3) is 0 Å². The van der Waals surface area contributed by atoms with Crippen LogP contribution in [0.1, 0.15) is 44.6 Å². The number of methoxy groups -OCH3 is 1. The third-order valence-electron chi connectivity index (χ3n) is 4.50. The van der Waals surface area contributed by atoms with Crippen molar-refractivity contribution in [1.82, 2.24) is 10.3 Å². The second-order valence-electron chi connectivity index (χ2n) is 5.76. The zero-order valence-corrected chi connectivity index (χ0v) is 12.7. The van der Waals surface area contributed by atoms with E-state index < -0.39 is 0 Å². The first kappa shape index (κ1) is 15.3. The number of anilines is 1. The van der Waals surface area contributed by atoms with Crippen LogP contribution in [0.15, 0.2) is 18.5 Å². The van der Waals surface area contributed by atoms with Gasteiger partial charge in [-0.2, -0.15) is 0 Å². The fourth-order valence-corrected chi connectivity index (χ4v) is 3.26. The van der Waals surface area contributed by atoms with E-state index in [1.54, 1.807) is 6.20 Å². The molecule has 4 heteroatoms. The minimum absolute atomic E-state index is 0.0442. The standard InChI is InChI=1S/C16H27N3O/c1-3-9-19-15(16(20-2)7-4-5-8-16)11-13-12-18-10-6-14(13)17/h6,10,12,15,19H,3-5,7-9,11H2,1-2H3,(H2,17,18). The zero-order chi connectivity index (χ0) is 14.4. The van der Waals surface area contributed by atoms with Crippen LogP contribution >= 0.6 is 0 Å². The van der Waals surface area contributed by atoms with Crippen LogP contribution in [0.2, 0.25) is 0 Å². The van der Waals surface area contributed by atoms with E-state index in [1.165, 1.54) is 12.8 Å². The molecule has 1 fully saturated rings. The van der Waals surface area contributed by atoms with Gasteiger partial charge in [0, 0.05) is 31.2 Å². The predicted molar refractivity (Wildman–Crippen MR) is 82.6 cm³/mol. The number of nitrogens with zero attached hydrogens (tertiary/aromatic N) is 1. The van der Waals surface area contributed by atoms with Gasteiger partial charge in [0.15, 0.2) is 0 Å². The Kier molecular flexibility index (Phi) is 5.38. The van der Waals surface area contributed by atoms with E-state index in [-0.39, 0.29) is 5.60 Å². The summed E-state index contributed by atoms with van der Waals surface area (Å²) in [7, 11) is 1.85. The van der Waals surface area contributed by atoms with Crippen LogP contribution in [0.25, 0.3) is 0 Å². The Bertz CT molecular complexity index is 416. The maximum atomic E-state index is 6.07. The Hall–Kier alpha value is -1.13. The Labute approximate surface area is 122 Å². The third-order valence-corrected chi connectivity index (χ3v) is 4.50. The van der Waals surface area contributed by atoms with Crippen LogP contribution in [0.5, 0.6) is 0 Å². The summed E-state index contributed by atoms with van der Waals surface area (Å²) in [6.45, 7) is 3.20. The maximum Gasteiger partial charge on any atom is 0.0834 e. The van der Waals surface area contributed by atoms with Gasteiger partial charge in [-0.3, -0.25) is 4.98 Å². The fourth-order valence-electron chi connectivity index (χ4n) is 3.26. The van der Waals surface area contributed by atoms with Gasteiger partial charge in [0.1, 0.15) is 0 Å². The SMILES string of the molecule is CCCNC(Cc1cnccc1N)C1(OC)CCCC1. The number of pyridine rings is 1. The Balaban J connectivity index is 2.17. The zero-order valence-electron chi connectivity index (χ0n) is 12.7. The quantitative estimate of drug-likeness (QED) is 0.804. The van der Waals surface area contributed by atoms with Crippen LogP contribution in [0, 0.1) is 0 Å². The van der Waals surface area contributed by atoms with Crippen molar-refractivity contribution < 1.29 is 4.74 Å². The van der Waals surface area contributed by atoms with Gasteiger partial charge in [-0.15, -0.1) is 0 Å². The smallest absolute Gasteiger partial charge is 0.0834 e. The molecule has 1 unspecified atom stereocenters. The van der Waals surface area contributed by atoms with Crippen molar-refractivity contribution in [3.8, 4) is 0 Å². The lowest BCUT2D eigenvalue weighted by atomic mass is 9.87. The highest BCUT2D eigenvalue weighted by molar-refractivity contribution is 5.44. The molecule has 112 valence electrons. The summed E-state index contributed by atoms with van der Waals surface area (Å²) in [5.41, 5.74) is 7.97. The number of ether oxygens (including phenoxy) is 1. The first-order valence-corrected chi connectivity index (χ1v) is 7.69. The van der Waals surface area contributed by atoms with Gasteiger partial charge in [-0.05, 0) is 43.9 Å². The Morgan fingerprint density at radius 3 is 2.80 bits per heavy atom. The molecule has 0 spiro atoms. The molecule has 0 saturated heterocycles. The van der Waals surface area contributed by atoms with Gasteiger partial charge < -0.3 is 15.8 Å². The van der Waals surface area contributed by atoms with Gasteiger partial charge in [0.2, 0.25) is 0 Å². The molecule has 1 aromatic rings. The Morgan fingerprint density at radius 1 is 1.45 bits per heavy atom. The highest BCUT2D eigenvalue weighted by Gasteiger charge is 2.41. The van der Waals surface area contributed by atoms with E-state index in [9.17, 15) is 0 Å². The van der Waals surface area contributed by atoms with E-state index in [0.29, 0.717) is 6.04 Å². The molecule has 0 bridgehead atoms. The van der Waals surface area contributed by atoms with Crippen molar-refractivity contribution in [1.29, 1.82) is 0 Å². The van der Waals surface area contributed by atoms with Crippen molar-refractivity contribution in [2.45, 2.75) is 57.1 Å². The van der Waals surface area contributed by atoms with E-state index in [2.05, 4.69) is 17.2 Å². The number of hydrogen-bond acceptors (Lipinski definition) is 4. The van der Waals surface area contributed by atoms with Crippen molar-refractivity contribution >= 4 is 5.69 Å². The van der Waals surface area contributed by atoms with Gasteiger partial charge in [-0.1, -0.05) is 19.8 Å². The molecule has 1 aliphatic carbocycles. The van der Waals surface area contributed by atoms with E-state index in [1.807, 2.05) is 19.4 Å². The Morgan fingerprint density at radius 2 is 2.20 bits per heavy atom. The number of aromatic nitrogens is 1. The molecule has 0 aliphatic heterocycles. The van der Waals surface area contributed by atoms with Crippen LogP contribution in [-0.2, 0) is 11.2 Å². The first-order chi connectivity index (χ1) is 9.72. The molecule has 4 nitrogen and oxygen atoms in total. The molecule has 3 N–H and O–H groups in total. The first-order valence-electron chi connectivity index (χ1n) is 7.69. The van der Waals surface area contributed by atoms with Gasteiger partial charge in [0.05, 0.1) is 5.60 Å². The summed E-state index contributed by atoms with van der Waals surface area (Å²) in [6.07, 6.45) is 10.4. The highest BCUT2D eigenvalue weighted by atomic mass is 16.5. The topological polar surface area (TPSA) is 60.2 Å². The second-order valence-corrected chi connectivity index (χ2v) is 5.76. The molecule has 20 heavy (non-hydrogen) atoms. The number of rotatable bonds is 7. The molecule has 0 radical (unpaired) electrons. The molecule has 1 aliphatic rings. The molecule has 0 aromatic carbocycles. The third kappa shape index (κ3) is 3.30. The molecule has 1 aromatic heterocycles. The molecular formula is C16H27N3O. The van der Waals surface area contributed by atoms with Crippen molar-refractivity contribution in [2.75, 3.05) is 19.4 Å². The lowest BCUT2D eigenvalue weighted by molar-refractivity contribution is -0.0354. The van der Waals surface area contributed by atoms with Crippen LogP contribution in [0.4, 0.5) is 5.69 Å². The number of nitrogens with one attached hydrogen (secondary N) is 1. The molecule has 2 rings (SSSR count). The fraction of sp³-hybridized carbons (Fsp3) is 0.688. The van der Waals surface area contributed by atoms with E-state index >= 15 is 0 Å². The number of hydrogen-bond donors (Lipinski definition) is 2. The maximum absolute atomic E-state index is 6.07. The molecule has 1 heterocycles. The van der Waals surface area contributed by atoms with Crippen LogP contribution in [0.3, 0.4) is 0 Å². The normalized spacial score (nSPS) is 19.1. The predicted octanol–water partition coefficient (Wildman–Crippen LogP) is 2.53. The molecule has 1 saturated carbocycles. The summed E-state index contributed by atoms with van der Waals surface area (Å²) in [5, 5.41) is 3.67. The highest BCUT2D eigenvalue weighted by Crippen LogP contribution is 2.37.